The number of carbonyl (C=O) groups is 2. The molecular formula is C33H38N2O4. The van der Waals surface area contributed by atoms with Crippen LogP contribution in [0, 0.1) is 6.92 Å². The lowest BCUT2D eigenvalue weighted by Crippen LogP contribution is -2.52. The van der Waals surface area contributed by atoms with Crippen LogP contribution >= 0.6 is 0 Å². The molecule has 1 heterocycles. The lowest BCUT2D eigenvalue weighted by Gasteiger charge is -2.33. The number of amides is 2. The summed E-state index contributed by atoms with van der Waals surface area (Å²) >= 11 is 0. The fourth-order valence-corrected chi connectivity index (χ4v) is 5.48. The Balaban J connectivity index is 1.39. The highest BCUT2D eigenvalue weighted by molar-refractivity contribution is 5.88. The molecule has 1 N–H and O–H groups in total. The molecule has 1 aliphatic carbocycles. The molecule has 1 fully saturated rings. The monoisotopic (exact) mass is 526 g/mol. The molecule has 3 aromatic rings. The number of nitrogens with one attached hydrogen (secondary N) is 1. The van der Waals surface area contributed by atoms with Crippen LogP contribution in [0.1, 0.15) is 60.8 Å². The molecule has 0 aromatic heterocycles. The Bertz CT molecular complexity index is 1250. The number of hydrogen-bond acceptors (Lipinski definition) is 4. The van der Waals surface area contributed by atoms with Crippen molar-refractivity contribution >= 4 is 11.8 Å². The van der Waals surface area contributed by atoms with Gasteiger partial charge in [0.15, 0.2) is 11.5 Å². The lowest BCUT2D eigenvalue weighted by atomic mass is 9.94. The minimum Gasteiger partial charge on any atom is -0.454 e. The van der Waals surface area contributed by atoms with Crippen molar-refractivity contribution in [1.82, 2.24) is 10.2 Å². The molecule has 39 heavy (non-hydrogen) atoms. The molecule has 204 valence electrons. The van der Waals surface area contributed by atoms with Crippen molar-refractivity contribution in [3.05, 3.63) is 95.1 Å². The van der Waals surface area contributed by atoms with Crippen LogP contribution in [0.3, 0.4) is 0 Å². The lowest BCUT2D eigenvalue weighted by molar-refractivity contribution is -0.141. The fourth-order valence-electron chi connectivity index (χ4n) is 5.48. The third kappa shape index (κ3) is 7.20. The van der Waals surface area contributed by atoms with Crippen LogP contribution in [0.2, 0.25) is 0 Å². The van der Waals surface area contributed by atoms with E-state index >= 15 is 0 Å². The van der Waals surface area contributed by atoms with Gasteiger partial charge in [0.05, 0.1) is 0 Å². The predicted octanol–water partition coefficient (Wildman–Crippen LogP) is 5.75. The van der Waals surface area contributed by atoms with Gasteiger partial charge < -0.3 is 19.7 Å². The van der Waals surface area contributed by atoms with E-state index in [-0.39, 0.29) is 24.6 Å². The van der Waals surface area contributed by atoms with Crippen LogP contribution in [0.25, 0.3) is 0 Å². The molecule has 2 aliphatic rings. The number of rotatable bonds is 10. The molecule has 0 bridgehead atoms. The van der Waals surface area contributed by atoms with Gasteiger partial charge >= 0.3 is 0 Å². The van der Waals surface area contributed by atoms with E-state index in [1.807, 2.05) is 67.6 Å². The third-order valence-corrected chi connectivity index (χ3v) is 7.76. The predicted molar refractivity (Wildman–Crippen MR) is 152 cm³/mol. The van der Waals surface area contributed by atoms with Crippen molar-refractivity contribution in [3.8, 4) is 11.5 Å². The van der Waals surface area contributed by atoms with Gasteiger partial charge in [-0.05, 0) is 55.0 Å². The highest BCUT2D eigenvalue weighted by atomic mass is 16.7. The molecule has 0 saturated heterocycles. The van der Waals surface area contributed by atoms with Gasteiger partial charge in [0, 0.05) is 25.4 Å². The van der Waals surface area contributed by atoms with Crippen molar-refractivity contribution in [1.29, 1.82) is 0 Å². The van der Waals surface area contributed by atoms with E-state index < -0.39 is 6.04 Å². The summed E-state index contributed by atoms with van der Waals surface area (Å²) in [6.45, 7) is 2.66. The van der Waals surface area contributed by atoms with Crippen molar-refractivity contribution in [3.63, 3.8) is 0 Å². The maximum atomic E-state index is 13.9. The van der Waals surface area contributed by atoms with Crippen molar-refractivity contribution in [2.45, 2.75) is 76.9 Å². The summed E-state index contributed by atoms with van der Waals surface area (Å²) < 4.78 is 10.9. The minimum absolute atomic E-state index is 0.0343. The van der Waals surface area contributed by atoms with Crippen molar-refractivity contribution in [2.24, 2.45) is 0 Å². The first-order valence-electron chi connectivity index (χ1n) is 14.1. The smallest absolute Gasteiger partial charge is 0.243 e. The molecule has 2 amide bonds. The Kier molecular flexibility index (Phi) is 8.82. The first-order valence-corrected chi connectivity index (χ1v) is 14.1. The molecule has 6 heteroatoms. The Labute approximate surface area is 231 Å². The highest BCUT2D eigenvalue weighted by Gasteiger charge is 2.31. The van der Waals surface area contributed by atoms with Gasteiger partial charge in [-0.25, -0.2) is 0 Å². The van der Waals surface area contributed by atoms with Gasteiger partial charge in [-0.15, -0.1) is 0 Å². The van der Waals surface area contributed by atoms with Gasteiger partial charge in [0.1, 0.15) is 6.04 Å². The summed E-state index contributed by atoms with van der Waals surface area (Å²) in [5, 5.41) is 3.31. The van der Waals surface area contributed by atoms with E-state index in [1.54, 1.807) is 4.90 Å². The Morgan fingerprint density at radius 1 is 0.872 bits per heavy atom. The summed E-state index contributed by atoms with van der Waals surface area (Å²) in [6.07, 6.45) is 6.82. The molecule has 1 aliphatic heterocycles. The Hall–Kier alpha value is -3.80. The third-order valence-electron chi connectivity index (χ3n) is 7.76. The second-order valence-electron chi connectivity index (χ2n) is 10.7. The molecule has 0 radical (unpaired) electrons. The van der Waals surface area contributed by atoms with Crippen LogP contribution in [0.4, 0.5) is 0 Å². The maximum Gasteiger partial charge on any atom is 0.243 e. The van der Waals surface area contributed by atoms with Crippen LogP contribution in [0.15, 0.2) is 72.8 Å². The molecular weight excluding hydrogens is 488 g/mol. The normalized spacial score (nSPS) is 15.5. The first-order chi connectivity index (χ1) is 19.0. The second kappa shape index (κ2) is 12.8. The summed E-state index contributed by atoms with van der Waals surface area (Å²) in [5.74, 6) is 1.35. The molecule has 5 rings (SSSR count). The zero-order valence-corrected chi connectivity index (χ0v) is 22.7. The van der Waals surface area contributed by atoms with E-state index in [0.717, 1.165) is 53.7 Å². The number of hydrogen-bond donors (Lipinski definition) is 1. The quantitative estimate of drug-likeness (QED) is 0.366. The topological polar surface area (TPSA) is 67.9 Å². The number of fused-ring (bicyclic) bond motifs is 1. The number of benzene rings is 3. The maximum absolute atomic E-state index is 13.9. The van der Waals surface area contributed by atoms with E-state index in [1.165, 1.54) is 6.42 Å². The molecule has 0 spiro atoms. The molecule has 0 unspecified atom stereocenters. The van der Waals surface area contributed by atoms with Crippen LogP contribution in [-0.4, -0.2) is 35.6 Å². The summed E-state index contributed by atoms with van der Waals surface area (Å²) in [4.78, 5) is 29.6. The fraction of sp³-hybridized carbons (Fsp3) is 0.394. The van der Waals surface area contributed by atoms with Crippen LogP contribution in [-0.2, 0) is 29.0 Å². The van der Waals surface area contributed by atoms with Gasteiger partial charge in [-0.1, -0.05) is 85.5 Å². The molecule has 6 nitrogen and oxygen atoms in total. The first kappa shape index (κ1) is 26.8. The van der Waals surface area contributed by atoms with Gasteiger partial charge in [-0.3, -0.25) is 9.59 Å². The van der Waals surface area contributed by atoms with Crippen LogP contribution < -0.4 is 14.8 Å². The summed E-state index contributed by atoms with van der Waals surface area (Å²) in [7, 11) is 0. The van der Waals surface area contributed by atoms with E-state index in [2.05, 4.69) is 17.4 Å². The molecule has 1 atom stereocenters. The highest BCUT2D eigenvalue weighted by Crippen LogP contribution is 2.33. The van der Waals surface area contributed by atoms with Crippen LogP contribution in [0.5, 0.6) is 11.5 Å². The SMILES string of the molecule is Cc1ccc(CN(C(=O)CCc2ccc3c(c2)OCO3)[C@@H](Cc2ccccc2)C(=O)NC2CCCCC2)cc1. The zero-order valence-electron chi connectivity index (χ0n) is 22.7. The average Bonchev–Trinajstić information content (AvgIpc) is 3.44. The Morgan fingerprint density at radius 2 is 1.59 bits per heavy atom. The standard InChI is InChI=1S/C33H38N2O4/c1-24-12-14-27(15-13-24)22-35(32(36)19-17-26-16-18-30-31(21-26)39-23-38-30)29(20-25-8-4-2-5-9-25)33(37)34-28-10-6-3-7-11-28/h2,4-5,8-9,12-16,18,21,28-29H,3,6-7,10-11,17,19-20,22-23H2,1H3,(H,34,37)/t29-/m0/s1. The summed E-state index contributed by atoms with van der Waals surface area (Å²) in [6, 6.07) is 23.6. The second-order valence-corrected chi connectivity index (χ2v) is 10.7. The van der Waals surface area contributed by atoms with Crippen molar-refractivity contribution < 1.29 is 19.1 Å². The number of ether oxygens (including phenoxy) is 2. The largest absolute Gasteiger partial charge is 0.454 e. The van der Waals surface area contributed by atoms with E-state index in [0.29, 0.717) is 31.6 Å². The van der Waals surface area contributed by atoms with E-state index in [4.69, 9.17) is 9.47 Å². The zero-order chi connectivity index (χ0) is 27.0. The minimum atomic E-state index is -0.597. The Morgan fingerprint density at radius 3 is 2.36 bits per heavy atom. The van der Waals surface area contributed by atoms with Gasteiger partial charge in [0.2, 0.25) is 18.6 Å². The summed E-state index contributed by atoms with van der Waals surface area (Å²) in [5.41, 5.74) is 4.23. The number of nitrogens with zero attached hydrogens (tertiary/aromatic N) is 1. The van der Waals surface area contributed by atoms with Gasteiger partial charge in [0.25, 0.3) is 0 Å². The van der Waals surface area contributed by atoms with Gasteiger partial charge in [-0.2, -0.15) is 0 Å². The average molecular weight is 527 g/mol. The molecule has 3 aromatic carbocycles. The molecule has 1 saturated carbocycles. The van der Waals surface area contributed by atoms with E-state index in [9.17, 15) is 9.59 Å². The van der Waals surface area contributed by atoms with Crippen molar-refractivity contribution in [2.75, 3.05) is 6.79 Å². The number of carbonyl (C=O) groups excluding carboxylic acids is 2. The number of aryl methyl sites for hydroxylation is 2.